The van der Waals surface area contributed by atoms with Gasteiger partial charge in [0.2, 0.25) is 0 Å². The second kappa shape index (κ2) is 9.02. The summed E-state index contributed by atoms with van der Waals surface area (Å²) < 4.78 is 0. The first-order valence-electron chi connectivity index (χ1n) is 8.06. The second-order valence-electron chi connectivity index (χ2n) is 5.91. The lowest BCUT2D eigenvalue weighted by atomic mass is 9.96. The van der Waals surface area contributed by atoms with Crippen molar-refractivity contribution in [2.24, 2.45) is 0 Å². The summed E-state index contributed by atoms with van der Waals surface area (Å²) in [5.74, 6) is 0.393. The molecule has 132 valence electrons. The van der Waals surface area contributed by atoms with Gasteiger partial charge in [-0.05, 0) is 25.3 Å². The Kier molecular flexibility index (Phi) is 7.03. The molecule has 0 spiro atoms. The van der Waals surface area contributed by atoms with Crippen molar-refractivity contribution in [3.8, 4) is 5.75 Å². The SMILES string of the molecule is CC(=O)c1ccccc1C(=O)CCCc1cc(CCl)c(O)c(CCl)c1. The molecule has 0 saturated carbocycles. The zero-order chi connectivity index (χ0) is 18.4. The number of carbonyl (C=O) groups excluding carboxylic acids is 2. The van der Waals surface area contributed by atoms with Crippen LogP contribution in [-0.2, 0) is 18.2 Å². The van der Waals surface area contributed by atoms with E-state index in [2.05, 4.69) is 0 Å². The molecule has 0 saturated heterocycles. The van der Waals surface area contributed by atoms with Crippen LogP contribution in [-0.4, -0.2) is 16.7 Å². The fourth-order valence-electron chi connectivity index (χ4n) is 2.80. The molecule has 3 nitrogen and oxygen atoms in total. The molecule has 1 N–H and O–H groups in total. The van der Waals surface area contributed by atoms with Crippen LogP contribution in [0, 0.1) is 0 Å². The summed E-state index contributed by atoms with van der Waals surface area (Å²) in [6.45, 7) is 1.46. The molecule has 0 radical (unpaired) electrons. The highest BCUT2D eigenvalue weighted by Crippen LogP contribution is 2.28. The number of ketones is 2. The number of aromatic hydroxyl groups is 1. The molecule has 0 heterocycles. The minimum Gasteiger partial charge on any atom is -0.507 e. The predicted molar refractivity (Wildman–Crippen MR) is 101 cm³/mol. The van der Waals surface area contributed by atoms with E-state index >= 15 is 0 Å². The van der Waals surface area contributed by atoms with Crippen LogP contribution in [0.3, 0.4) is 0 Å². The molecule has 0 amide bonds. The normalized spacial score (nSPS) is 10.7. The number of benzene rings is 2. The summed E-state index contributed by atoms with van der Waals surface area (Å²) in [6, 6.07) is 10.6. The topological polar surface area (TPSA) is 54.4 Å². The number of phenols is 1. The number of hydrogen-bond acceptors (Lipinski definition) is 3. The monoisotopic (exact) mass is 378 g/mol. The lowest BCUT2D eigenvalue weighted by molar-refractivity contribution is 0.0960. The number of hydrogen-bond donors (Lipinski definition) is 1. The van der Waals surface area contributed by atoms with Crippen molar-refractivity contribution in [3.63, 3.8) is 0 Å². The highest BCUT2D eigenvalue weighted by molar-refractivity contribution is 6.18. The highest BCUT2D eigenvalue weighted by Gasteiger charge is 2.14. The molecule has 0 aliphatic heterocycles. The third-order valence-corrected chi connectivity index (χ3v) is 4.67. The van der Waals surface area contributed by atoms with Gasteiger partial charge >= 0.3 is 0 Å². The number of alkyl halides is 2. The quantitative estimate of drug-likeness (QED) is 0.502. The maximum absolute atomic E-state index is 12.4. The van der Waals surface area contributed by atoms with E-state index in [1.54, 1.807) is 24.3 Å². The van der Waals surface area contributed by atoms with Gasteiger partial charge in [-0.3, -0.25) is 9.59 Å². The van der Waals surface area contributed by atoms with Crippen LogP contribution in [0.5, 0.6) is 5.75 Å². The van der Waals surface area contributed by atoms with E-state index in [1.807, 2.05) is 12.1 Å². The van der Waals surface area contributed by atoms with Gasteiger partial charge in [0, 0.05) is 28.7 Å². The Morgan fingerprint density at radius 2 is 1.56 bits per heavy atom. The van der Waals surface area contributed by atoms with Crippen LogP contribution in [0.15, 0.2) is 36.4 Å². The maximum Gasteiger partial charge on any atom is 0.163 e. The van der Waals surface area contributed by atoms with Gasteiger partial charge in [-0.2, -0.15) is 0 Å². The highest BCUT2D eigenvalue weighted by atomic mass is 35.5. The van der Waals surface area contributed by atoms with Crippen molar-refractivity contribution in [3.05, 3.63) is 64.2 Å². The zero-order valence-corrected chi connectivity index (χ0v) is 15.5. The summed E-state index contributed by atoms with van der Waals surface area (Å²) in [5, 5.41) is 10.0. The lowest BCUT2D eigenvalue weighted by Gasteiger charge is -2.10. The average Bonchev–Trinajstić information content (AvgIpc) is 2.62. The number of aryl methyl sites for hydroxylation is 1. The van der Waals surface area contributed by atoms with Gasteiger partial charge < -0.3 is 5.11 Å². The van der Waals surface area contributed by atoms with Crippen LogP contribution < -0.4 is 0 Å². The molecule has 0 aliphatic rings. The molecule has 0 aromatic heterocycles. The van der Waals surface area contributed by atoms with Crippen LogP contribution in [0.1, 0.15) is 57.2 Å². The Labute approximate surface area is 157 Å². The van der Waals surface area contributed by atoms with E-state index in [1.165, 1.54) is 6.92 Å². The molecular weight excluding hydrogens is 359 g/mol. The summed E-state index contributed by atoms with van der Waals surface area (Å²) in [7, 11) is 0. The Bertz CT molecular complexity index is 759. The first-order valence-corrected chi connectivity index (χ1v) is 9.13. The van der Waals surface area contributed by atoms with Gasteiger partial charge in [0.1, 0.15) is 5.75 Å². The van der Waals surface area contributed by atoms with E-state index < -0.39 is 0 Å². The second-order valence-corrected chi connectivity index (χ2v) is 6.44. The van der Waals surface area contributed by atoms with Crippen molar-refractivity contribution >= 4 is 34.8 Å². The largest absolute Gasteiger partial charge is 0.507 e. The van der Waals surface area contributed by atoms with Gasteiger partial charge in [-0.1, -0.05) is 36.4 Å². The first kappa shape index (κ1) is 19.5. The van der Waals surface area contributed by atoms with E-state index in [4.69, 9.17) is 23.2 Å². The van der Waals surface area contributed by atoms with Crippen LogP contribution in [0.25, 0.3) is 0 Å². The smallest absolute Gasteiger partial charge is 0.163 e. The number of Topliss-reactive ketones (excluding diaryl/α,β-unsaturated/α-hetero) is 2. The minimum atomic E-state index is -0.110. The van der Waals surface area contributed by atoms with Crippen molar-refractivity contribution in [1.29, 1.82) is 0 Å². The van der Waals surface area contributed by atoms with Gasteiger partial charge in [0.05, 0.1) is 11.8 Å². The fourth-order valence-corrected chi connectivity index (χ4v) is 3.21. The van der Waals surface area contributed by atoms with Gasteiger partial charge in [-0.15, -0.1) is 23.2 Å². The maximum atomic E-state index is 12.4. The summed E-state index contributed by atoms with van der Waals surface area (Å²) >= 11 is 11.7. The Morgan fingerprint density at radius 3 is 2.08 bits per heavy atom. The molecule has 5 heteroatoms. The molecule has 0 bridgehead atoms. The standard InChI is InChI=1S/C20H20Cl2O3/c1-13(23)17-6-2-3-7-18(17)19(24)8-4-5-14-9-15(11-21)20(25)16(10-14)12-22/h2-3,6-7,9-10,25H,4-5,8,11-12H2,1H3. The zero-order valence-electron chi connectivity index (χ0n) is 14.0. The van der Waals surface area contributed by atoms with E-state index in [-0.39, 0.29) is 29.1 Å². The number of rotatable bonds is 8. The molecule has 25 heavy (non-hydrogen) atoms. The summed E-state index contributed by atoms with van der Waals surface area (Å²) in [5.41, 5.74) is 3.21. The minimum absolute atomic E-state index is 0.0419. The number of halogens is 2. The Hall–Kier alpha value is -1.84. The molecular formula is C20H20Cl2O3. The fraction of sp³-hybridized carbons (Fsp3) is 0.300. The first-order chi connectivity index (χ1) is 12.0. The van der Waals surface area contributed by atoms with Gasteiger partial charge in [0.25, 0.3) is 0 Å². The van der Waals surface area contributed by atoms with Crippen LogP contribution in [0.4, 0.5) is 0 Å². The average molecular weight is 379 g/mol. The molecule has 0 unspecified atom stereocenters. The van der Waals surface area contributed by atoms with E-state index in [0.717, 1.165) is 5.56 Å². The summed E-state index contributed by atoms with van der Waals surface area (Å²) in [6.07, 6.45) is 1.65. The lowest BCUT2D eigenvalue weighted by Crippen LogP contribution is -2.07. The predicted octanol–water partition coefficient (Wildman–Crippen LogP) is 5.28. The van der Waals surface area contributed by atoms with Gasteiger partial charge in [-0.25, -0.2) is 0 Å². The Balaban J connectivity index is 2.06. The molecule has 0 atom stereocenters. The van der Waals surface area contributed by atoms with E-state index in [9.17, 15) is 14.7 Å². The van der Waals surface area contributed by atoms with Crippen molar-refractivity contribution in [2.45, 2.75) is 37.9 Å². The number of phenolic OH excluding ortho intramolecular Hbond substituents is 1. The van der Waals surface area contributed by atoms with Crippen LogP contribution >= 0.6 is 23.2 Å². The third-order valence-electron chi connectivity index (χ3n) is 4.09. The molecule has 0 fully saturated rings. The summed E-state index contributed by atoms with van der Waals surface area (Å²) in [4.78, 5) is 24.1. The third kappa shape index (κ3) is 4.83. The van der Waals surface area contributed by atoms with Crippen molar-refractivity contribution in [2.75, 3.05) is 0 Å². The molecule has 2 rings (SSSR count). The van der Waals surface area contributed by atoms with Crippen molar-refractivity contribution in [1.82, 2.24) is 0 Å². The molecule has 2 aromatic rings. The van der Waals surface area contributed by atoms with Crippen LogP contribution in [0.2, 0.25) is 0 Å². The van der Waals surface area contributed by atoms with Gasteiger partial charge in [0.15, 0.2) is 11.6 Å². The van der Waals surface area contributed by atoms with E-state index in [0.29, 0.717) is 41.5 Å². The number of carbonyl (C=O) groups is 2. The molecule has 0 aliphatic carbocycles. The Morgan fingerprint density at radius 1 is 1.00 bits per heavy atom. The van der Waals surface area contributed by atoms with Crippen molar-refractivity contribution < 1.29 is 14.7 Å². The molecule has 2 aromatic carbocycles.